The summed E-state index contributed by atoms with van der Waals surface area (Å²) in [6, 6.07) is 4.36. The largest absolute Gasteiger partial charge is 0.493 e. The van der Waals surface area contributed by atoms with Crippen LogP contribution in [0.2, 0.25) is 0 Å². The van der Waals surface area contributed by atoms with E-state index in [-0.39, 0.29) is 11.5 Å². The van der Waals surface area contributed by atoms with Crippen LogP contribution in [0, 0.1) is 0 Å². The van der Waals surface area contributed by atoms with Gasteiger partial charge in [-0.3, -0.25) is 4.79 Å². The lowest BCUT2D eigenvalue weighted by Gasteiger charge is -2.10. The number of benzene rings is 1. The Morgan fingerprint density at radius 2 is 2.12 bits per heavy atom. The summed E-state index contributed by atoms with van der Waals surface area (Å²) in [7, 11) is 1.39. The van der Waals surface area contributed by atoms with Gasteiger partial charge in [0.1, 0.15) is 12.4 Å². The average molecular weight is 224 g/mol. The van der Waals surface area contributed by atoms with Crippen LogP contribution in [0.4, 0.5) is 0 Å². The molecule has 0 aliphatic carbocycles. The molecule has 0 saturated heterocycles. The molecule has 0 spiro atoms. The number of carbonyl (C=O) groups excluding carboxylic acids is 2. The molecule has 1 aromatic rings. The fraction of sp³-hybridized carbons (Fsp3) is 0.273. The second-order valence-corrected chi connectivity index (χ2v) is 3.13. The number of esters is 1. The average Bonchev–Trinajstić information content (AvgIpc) is 2.29. The highest BCUT2D eigenvalue weighted by atomic mass is 16.6. The molecule has 16 heavy (non-hydrogen) atoms. The Bertz CT molecular complexity index is 397. The van der Waals surface area contributed by atoms with Gasteiger partial charge in [0.05, 0.1) is 7.11 Å². The smallest absolute Gasteiger partial charge is 0.340 e. The van der Waals surface area contributed by atoms with Gasteiger partial charge in [-0.05, 0) is 25.1 Å². The zero-order chi connectivity index (χ0) is 12.1. The van der Waals surface area contributed by atoms with E-state index in [1.54, 1.807) is 0 Å². The highest BCUT2D eigenvalue weighted by molar-refractivity contribution is 5.79. The third-order valence-electron chi connectivity index (χ3n) is 1.88. The van der Waals surface area contributed by atoms with Crippen molar-refractivity contribution in [3.05, 3.63) is 23.8 Å². The van der Waals surface area contributed by atoms with Crippen LogP contribution in [0.25, 0.3) is 0 Å². The highest BCUT2D eigenvalue weighted by Crippen LogP contribution is 2.27. The molecule has 0 aliphatic rings. The molecule has 0 fully saturated rings. The summed E-state index contributed by atoms with van der Waals surface area (Å²) in [5, 5.41) is 8.98. The van der Waals surface area contributed by atoms with Gasteiger partial charge in [0.2, 0.25) is 0 Å². The van der Waals surface area contributed by atoms with Crippen molar-refractivity contribution in [1.82, 2.24) is 0 Å². The van der Waals surface area contributed by atoms with Crippen molar-refractivity contribution in [3.63, 3.8) is 0 Å². The van der Waals surface area contributed by atoms with Crippen molar-refractivity contribution in [3.8, 4) is 11.5 Å². The van der Waals surface area contributed by atoms with Gasteiger partial charge < -0.3 is 14.6 Å². The van der Waals surface area contributed by atoms with Crippen LogP contribution in [0.3, 0.4) is 0 Å². The Morgan fingerprint density at radius 1 is 1.44 bits per heavy atom. The summed E-state index contributed by atoms with van der Waals surface area (Å²) in [4.78, 5) is 21.7. The molecule has 1 rings (SSSR count). The van der Waals surface area contributed by atoms with Crippen molar-refractivity contribution in [2.24, 2.45) is 0 Å². The summed E-state index contributed by atoms with van der Waals surface area (Å²) in [5.41, 5.74) is 0.411. The van der Waals surface area contributed by atoms with Crippen LogP contribution in [-0.2, 0) is 4.79 Å². The fourth-order valence-corrected chi connectivity index (χ4v) is 1.04. The monoisotopic (exact) mass is 224 g/mol. The van der Waals surface area contributed by atoms with E-state index in [1.165, 1.54) is 32.2 Å². The zero-order valence-electron chi connectivity index (χ0n) is 8.97. The first kappa shape index (κ1) is 12.2. The lowest BCUT2D eigenvalue weighted by molar-refractivity contribution is -0.142. The fourth-order valence-electron chi connectivity index (χ4n) is 1.04. The molecule has 0 amide bonds. The maximum absolute atomic E-state index is 11.1. The predicted octanol–water partition coefficient (Wildman–Crippen LogP) is 0.794. The van der Waals surface area contributed by atoms with Crippen LogP contribution in [0.5, 0.6) is 11.5 Å². The number of aldehydes is 1. The first-order chi connectivity index (χ1) is 7.58. The summed E-state index contributed by atoms with van der Waals surface area (Å²) in [6.07, 6.45) is -0.557. The number of hydrogen-bond donors (Lipinski definition) is 1. The molecule has 1 aromatic carbocycles. The van der Waals surface area contributed by atoms with Crippen LogP contribution < -0.4 is 9.47 Å². The minimum atomic E-state index is -1.21. The number of aliphatic hydroxyl groups excluding tert-OH is 1. The summed E-state index contributed by atoms with van der Waals surface area (Å²) in [6.45, 7) is 1.30. The van der Waals surface area contributed by atoms with Gasteiger partial charge in [0, 0.05) is 5.56 Å². The summed E-state index contributed by atoms with van der Waals surface area (Å²) < 4.78 is 9.82. The van der Waals surface area contributed by atoms with E-state index < -0.39 is 12.1 Å². The molecule has 1 unspecified atom stereocenters. The Hall–Kier alpha value is -1.88. The van der Waals surface area contributed by atoms with Crippen LogP contribution in [-0.4, -0.2) is 30.6 Å². The standard InChI is InChI=1S/C11H12O5/c1-7(13)11(14)16-9-4-3-8(6-12)5-10(9)15-2/h3-7,13H,1-2H3. The molecule has 5 nitrogen and oxygen atoms in total. The lowest BCUT2D eigenvalue weighted by Crippen LogP contribution is -2.22. The molecule has 0 heterocycles. The third kappa shape index (κ3) is 2.80. The number of hydrogen-bond acceptors (Lipinski definition) is 5. The van der Waals surface area contributed by atoms with Gasteiger partial charge >= 0.3 is 5.97 Å². The van der Waals surface area contributed by atoms with E-state index in [0.29, 0.717) is 11.8 Å². The molecular formula is C11H12O5. The number of rotatable bonds is 4. The molecule has 5 heteroatoms. The Balaban J connectivity index is 2.95. The second-order valence-electron chi connectivity index (χ2n) is 3.13. The maximum atomic E-state index is 11.1. The van der Waals surface area contributed by atoms with Gasteiger partial charge in [-0.25, -0.2) is 4.79 Å². The molecule has 0 aliphatic heterocycles. The Morgan fingerprint density at radius 3 is 2.62 bits per heavy atom. The molecule has 86 valence electrons. The summed E-state index contributed by atoms with van der Waals surface area (Å²) in [5.74, 6) is -0.352. The van der Waals surface area contributed by atoms with E-state index in [0.717, 1.165) is 0 Å². The van der Waals surface area contributed by atoms with Crippen LogP contribution >= 0.6 is 0 Å². The normalized spacial score (nSPS) is 11.7. The van der Waals surface area contributed by atoms with Gasteiger partial charge in [0.15, 0.2) is 11.5 Å². The van der Waals surface area contributed by atoms with Crippen molar-refractivity contribution >= 4 is 12.3 Å². The third-order valence-corrected chi connectivity index (χ3v) is 1.88. The van der Waals surface area contributed by atoms with Crippen LogP contribution in [0.15, 0.2) is 18.2 Å². The van der Waals surface area contributed by atoms with E-state index >= 15 is 0 Å². The molecule has 0 aromatic heterocycles. The molecule has 0 radical (unpaired) electrons. The Kier molecular flexibility index (Phi) is 4.02. The number of ether oxygens (including phenoxy) is 2. The van der Waals surface area contributed by atoms with Crippen molar-refractivity contribution in [1.29, 1.82) is 0 Å². The second kappa shape index (κ2) is 5.27. The van der Waals surface area contributed by atoms with Crippen molar-refractivity contribution < 1.29 is 24.2 Å². The minimum Gasteiger partial charge on any atom is -0.493 e. The van der Waals surface area contributed by atoms with Crippen molar-refractivity contribution in [2.75, 3.05) is 7.11 Å². The predicted molar refractivity (Wildman–Crippen MR) is 55.7 cm³/mol. The van der Waals surface area contributed by atoms with Gasteiger partial charge in [0.25, 0.3) is 0 Å². The number of aliphatic hydroxyl groups is 1. The van der Waals surface area contributed by atoms with Gasteiger partial charge in [-0.2, -0.15) is 0 Å². The molecular weight excluding hydrogens is 212 g/mol. The van der Waals surface area contributed by atoms with E-state index in [4.69, 9.17) is 14.6 Å². The Labute approximate surface area is 92.6 Å². The van der Waals surface area contributed by atoms with E-state index in [9.17, 15) is 9.59 Å². The summed E-state index contributed by atoms with van der Waals surface area (Å²) >= 11 is 0. The molecule has 0 bridgehead atoms. The van der Waals surface area contributed by atoms with Crippen molar-refractivity contribution in [2.45, 2.75) is 13.0 Å². The first-order valence-electron chi connectivity index (χ1n) is 4.61. The SMILES string of the molecule is COc1cc(C=O)ccc1OC(=O)C(C)O. The first-order valence-corrected chi connectivity index (χ1v) is 4.61. The maximum Gasteiger partial charge on any atom is 0.340 e. The van der Waals surface area contributed by atoms with E-state index in [2.05, 4.69) is 0 Å². The zero-order valence-corrected chi connectivity index (χ0v) is 8.97. The quantitative estimate of drug-likeness (QED) is 0.465. The highest BCUT2D eigenvalue weighted by Gasteiger charge is 2.14. The molecule has 0 saturated carbocycles. The lowest BCUT2D eigenvalue weighted by atomic mass is 10.2. The van der Waals surface area contributed by atoms with Gasteiger partial charge in [-0.1, -0.05) is 0 Å². The van der Waals surface area contributed by atoms with Gasteiger partial charge in [-0.15, -0.1) is 0 Å². The topological polar surface area (TPSA) is 72.8 Å². The molecule has 1 atom stereocenters. The van der Waals surface area contributed by atoms with Crippen LogP contribution in [0.1, 0.15) is 17.3 Å². The molecule has 1 N–H and O–H groups in total. The minimum absolute atomic E-state index is 0.166. The number of carbonyl (C=O) groups is 2. The number of methoxy groups -OCH3 is 1. The van der Waals surface area contributed by atoms with E-state index in [1.807, 2.05) is 0 Å².